The molecule has 0 radical (unpaired) electrons. The number of hydrogen-bond acceptors (Lipinski definition) is 12. The van der Waals surface area contributed by atoms with Crippen LogP contribution in [0.3, 0.4) is 0 Å². The minimum Gasteiger partial charge on any atom is -0.477 e. The summed E-state index contributed by atoms with van der Waals surface area (Å²) in [7, 11) is 0. The SMILES string of the molecule is CC(=O)OCC1=C(C(=O)O)N2C(=O)[C@@H](NC(=O)C(=NOCC(N)=O)c3nc(N)sc3Br)[C@H]2SC1. The number of carboxylic acids is 1. The molecule has 2 aliphatic rings. The number of oxime groups is 1. The van der Waals surface area contributed by atoms with E-state index in [2.05, 4.69) is 31.4 Å². The average molecular weight is 577 g/mol. The van der Waals surface area contributed by atoms with Crippen molar-refractivity contribution in [2.75, 3.05) is 24.7 Å². The van der Waals surface area contributed by atoms with Crippen LogP contribution in [-0.4, -0.2) is 80.7 Å². The molecule has 1 aromatic heterocycles. The Labute approximate surface area is 207 Å². The highest BCUT2D eigenvalue weighted by Gasteiger charge is 2.54. The number of thiazole rings is 1. The van der Waals surface area contributed by atoms with Crippen LogP contribution in [0, 0.1) is 0 Å². The highest BCUT2D eigenvalue weighted by atomic mass is 79.9. The van der Waals surface area contributed by atoms with Gasteiger partial charge in [0.05, 0.1) is 0 Å². The van der Waals surface area contributed by atoms with E-state index in [0.29, 0.717) is 3.79 Å². The Hall–Kier alpha value is -3.18. The van der Waals surface area contributed by atoms with Crippen molar-refractivity contribution >= 4 is 79.5 Å². The summed E-state index contributed by atoms with van der Waals surface area (Å²) in [6.07, 6.45) is 0. The fourth-order valence-electron chi connectivity index (χ4n) is 3.01. The number of rotatable bonds is 9. The number of aromatic nitrogens is 1. The van der Waals surface area contributed by atoms with Gasteiger partial charge in [0.1, 0.15) is 33.2 Å². The molecule has 3 heterocycles. The summed E-state index contributed by atoms with van der Waals surface area (Å²) in [6.45, 7) is 0.298. The quantitative estimate of drug-likeness (QED) is 0.121. The molecule has 0 spiro atoms. The predicted octanol–water partition coefficient (Wildman–Crippen LogP) is -1.00. The van der Waals surface area contributed by atoms with Gasteiger partial charge in [-0.2, -0.15) is 0 Å². The molecule has 0 unspecified atom stereocenters. The van der Waals surface area contributed by atoms with Crippen molar-refractivity contribution in [2.24, 2.45) is 10.9 Å². The normalized spacial score (nSPS) is 19.8. The summed E-state index contributed by atoms with van der Waals surface area (Å²) in [5.74, 6) is -4.19. The molecule has 1 aromatic rings. The summed E-state index contributed by atoms with van der Waals surface area (Å²) in [5, 5.41) is 15.1. The predicted molar refractivity (Wildman–Crippen MR) is 122 cm³/mol. The maximum Gasteiger partial charge on any atom is 0.352 e. The molecule has 34 heavy (non-hydrogen) atoms. The number of carbonyl (C=O) groups excluding carboxylic acids is 4. The summed E-state index contributed by atoms with van der Waals surface area (Å²) >= 11 is 5.41. The van der Waals surface area contributed by atoms with Gasteiger partial charge in [-0.05, 0) is 15.9 Å². The van der Waals surface area contributed by atoms with E-state index in [1.54, 1.807) is 0 Å². The fourth-order valence-corrected chi connectivity index (χ4v) is 5.67. The molecule has 0 bridgehead atoms. The number of aliphatic carboxylic acids is 1. The Balaban J connectivity index is 1.81. The maximum atomic E-state index is 13.0. The van der Waals surface area contributed by atoms with Crippen molar-refractivity contribution in [1.82, 2.24) is 15.2 Å². The van der Waals surface area contributed by atoms with Gasteiger partial charge < -0.3 is 31.5 Å². The number of halogens is 1. The molecule has 0 aliphatic carbocycles. The smallest absolute Gasteiger partial charge is 0.352 e. The van der Waals surface area contributed by atoms with Crippen molar-refractivity contribution in [2.45, 2.75) is 18.3 Å². The molecular formula is C17H17BrN6O8S2. The molecule has 3 rings (SSSR count). The van der Waals surface area contributed by atoms with Crippen molar-refractivity contribution < 1.29 is 38.7 Å². The number of primary amides is 1. The number of ether oxygens (including phenoxy) is 1. The highest BCUT2D eigenvalue weighted by Crippen LogP contribution is 2.40. The number of nitrogens with zero attached hydrogens (tertiary/aromatic N) is 3. The molecule has 2 aliphatic heterocycles. The zero-order valence-electron chi connectivity index (χ0n) is 17.3. The van der Waals surface area contributed by atoms with Gasteiger partial charge in [0, 0.05) is 18.2 Å². The maximum absolute atomic E-state index is 13.0. The van der Waals surface area contributed by atoms with Gasteiger partial charge in [0.25, 0.3) is 17.7 Å². The van der Waals surface area contributed by atoms with Crippen LogP contribution in [0.25, 0.3) is 0 Å². The summed E-state index contributed by atoms with van der Waals surface area (Å²) in [4.78, 5) is 69.4. The van der Waals surface area contributed by atoms with Gasteiger partial charge in [-0.15, -0.1) is 11.8 Å². The van der Waals surface area contributed by atoms with E-state index in [0.717, 1.165) is 16.2 Å². The van der Waals surface area contributed by atoms with Crippen molar-refractivity contribution in [3.63, 3.8) is 0 Å². The van der Waals surface area contributed by atoms with Crippen LogP contribution in [0.5, 0.6) is 0 Å². The van der Waals surface area contributed by atoms with Crippen LogP contribution in [0.1, 0.15) is 12.6 Å². The first-order valence-electron chi connectivity index (χ1n) is 9.25. The van der Waals surface area contributed by atoms with E-state index in [1.165, 1.54) is 18.7 Å². The number of anilines is 1. The van der Waals surface area contributed by atoms with Gasteiger partial charge in [-0.25, -0.2) is 9.78 Å². The number of amides is 3. The number of nitrogens with one attached hydrogen (secondary N) is 1. The Morgan fingerprint density at radius 2 is 2.09 bits per heavy atom. The largest absolute Gasteiger partial charge is 0.477 e. The minimum absolute atomic E-state index is 0.0131. The minimum atomic E-state index is -1.37. The Bertz CT molecular complexity index is 1140. The molecule has 6 N–H and O–H groups in total. The van der Waals surface area contributed by atoms with E-state index in [-0.39, 0.29) is 40.2 Å². The van der Waals surface area contributed by atoms with E-state index >= 15 is 0 Å². The van der Waals surface area contributed by atoms with E-state index < -0.39 is 47.7 Å². The lowest BCUT2D eigenvalue weighted by atomic mass is 10.0. The topological polar surface area (TPSA) is 217 Å². The lowest BCUT2D eigenvalue weighted by Gasteiger charge is -2.49. The molecule has 3 amide bonds. The van der Waals surface area contributed by atoms with Crippen molar-refractivity contribution in [3.05, 3.63) is 20.8 Å². The lowest BCUT2D eigenvalue weighted by Crippen LogP contribution is -2.71. The first-order chi connectivity index (χ1) is 16.0. The number of carboxylic acid groups (broad SMARTS) is 1. The van der Waals surface area contributed by atoms with E-state index in [1.807, 2.05) is 0 Å². The van der Waals surface area contributed by atoms with E-state index in [9.17, 15) is 29.1 Å². The van der Waals surface area contributed by atoms with Crippen LogP contribution in [0.15, 0.2) is 20.2 Å². The number of hydrogen-bond donors (Lipinski definition) is 4. The number of β-lactam (4-membered cyclic amide) rings is 1. The molecular weight excluding hydrogens is 560 g/mol. The van der Waals surface area contributed by atoms with Gasteiger partial charge in [-0.3, -0.25) is 24.1 Å². The third kappa shape index (κ3) is 5.31. The van der Waals surface area contributed by atoms with Crippen LogP contribution >= 0.6 is 39.0 Å². The van der Waals surface area contributed by atoms with Crippen molar-refractivity contribution in [1.29, 1.82) is 0 Å². The van der Waals surface area contributed by atoms with Crippen LogP contribution in [0.2, 0.25) is 0 Å². The van der Waals surface area contributed by atoms with Crippen molar-refractivity contribution in [3.8, 4) is 0 Å². The average Bonchev–Trinajstić information content (AvgIpc) is 3.09. The molecule has 0 aromatic carbocycles. The number of carbonyl (C=O) groups is 5. The second kappa shape index (κ2) is 10.4. The zero-order chi connectivity index (χ0) is 25.2. The second-order valence-electron chi connectivity index (χ2n) is 6.75. The Kier molecular flexibility index (Phi) is 7.78. The molecule has 1 saturated heterocycles. The summed E-state index contributed by atoms with van der Waals surface area (Å²) < 4.78 is 5.23. The van der Waals surface area contributed by atoms with Gasteiger partial charge in [0.2, 0.25) is 0 Å². The summed E-state index contributed by atoms with van der Waals surface area (Å²) in [5.41, 5.74) is 10.3. The number of thioether (sulfide) groups is 1. The monoisotopic (exact) mass is 576 g/mol. The molecule has 182 valence electrons. The lowest BCUT2D eigenvalue weighted by molar-refractivity contribution is -0.150. The highest BCUT2D eigenvalue weighted by molar-refractivity contribution is 9.11. The Morgan fingerprint density at radius 3 is 2.65 bits per heavy atom. The number of fused-ring (bicyclic) bond motifs is 1. The first-order valence-corrected chi connectivity index (χ1v) is 11.9. The Morgan fingerprint density at radius 1 is 1.38 bits per heavy atom. The molecule has 0 saturated carbocycles. The molecule has 14 nitrogen and oxygen atoms in total. The van der Waals surface area contributed by atoms with Crippen LogP contribution in [0.4, 0.5) is 5.13 Å². The number of nitrogen functional groups attached to an aromatic ring is 1. The molecule has 2 atom stereocenters. The van der Waals surface area contributed by atoms with Crippen LogP contribution in [-0.2, 0) is 33.5 Å². The standard InChI is InChI=1S/C17H17BrN6O8S2/c1-5(25)31-2-6-4-33-15-10(14(28)24(15)11(6)16(29)30)21-13(27)9(23-32-3-7(19)26)8-12(18)34-17(20)22-8/h10,15H,2-4H2,1H3,(H2,19,26)(H2,20,22)(H,21,27)(H,29,30)/t10-,15-/m1/s1. The van der Waals surface area contributed by atoms with Crippen LogP contribution < -0.4 is 16.8 Å². The van der Waals surface area contributed by atoms with Gasteiger partial charge in [0.15, 0.2) is 17.5 Å². The fraction of sp³-hybridized carbons (Fsp3) is 0.353. The zero-order valence-corrected chi connectivity index (χ0v) is 20.5. The third-order valence-corrected chi connectivity index (χ3v) is 7.26. The number of esters is 1. The first kappa shape index (κ1) is 25.4. The molecule has 17 heteroatoms. The number of nitrogens with two attached hydrogens (primary N) is 2. The molecule has 1 fully saturated rings. The van der Waals surface area contributed by atoms with E-state index in [4.69, 9.17) is 21.0 Å². The third-order valence-electron chi connectivity index (χ3n) is 4.39. The second-order valence-corrected chi connectivity index (χ2v) is 10.2. The summed E-state index contributed by atoms with van der Waals surface area (Å²) in [6, 6.07) is -1.08. The van der Waals surface area contributed by atoms with Gasteiger partial charge in [-0.1, -0.05) is 16.5 Å². The van der Waals surface area contributed by atoms with Gasteiger partial charge >= 0.3 is 11.9 Å².